The van der Waals surface area contributed by atoms with Crippen molar-refractivity contribution in [3.8, 4) is 11.1 Å². The lowest BCUT2D eigenvalue weighted by atomic mass is 9.86. The van der Waals surface area contributed by atoms with E-state index in [9.17, 15) is 20.2 Å². The summed E-state index contributed by atoms with van der Waals surface area (Å²) in [5, 5.41) is 31.7. The summed E-state index contributed by atoms with van der Waals surface area (Å²) in [6.45, 7) is 12.0. The quantitative estimate of drug-likeness (QED) is 0.141. The van der Waals surface area contributed by atoms with E-state index in [1.165, 1.54) is 0 Å². The molecule has 5 rings (SSSR count). The molecule has 0 saturated heterocycles. The largest absolute Gasteiger partial charge is 0.350 e. The van der Waals surface area contributed by atoms with Crippen LogP contribution in [0.5, 0.6) is 0 Å². The third-order valence-corrected chi connectivity index (χ3v) is 7.72. The molecule has 41 heavy (non-hydrogen) atoms. The summed E-state index contributed by atoms with van der Waals surface area (Å²) in [5.41, 5.74) is 3.79. The topological polar surface area (TPSA) is 110 Å². The molecule has 0 spiro atoms. The van der Waals surface area contributed by atoms with E-state index >= 15 is 0 Å². The molecule has 0 fully saturated rings. The van der Waals surface area contributed by atoms with Gasteiger partial charge in [-0.1, -0.05) is 102 Å². The second kappa shape index (κ2) is 9.73. The number of nitro benzene ring substituents is 2. The van der Waals surface area contributed by atoms with Crippen molar-refractivity contribution in [3.05, 3.63) is 127 Å². The van der Waals surface area contributed by atoms with Crippen LogP contribution in [0.3, 0.4) is 0 Å². The van der Waals surface area contributed by atoms with Gasteiger partial charge in [0.2, 0.25) is 0 Å². The van der Waals surface area contributed by atoms with Gasteiger partial charge in [-0.05, 0) is 45.2 Å². The van der Waals surface area contributed by atoms with Crippen LogP contribution in [0.1, 0.15) is 63.8 Å². The van der Waals surface area contributed by atoms with Crippen LogP contribution in [0.4, 0.5) is 22.7 Å². The van der Waals surface area contributed by atoms with E-state index in [0.717, 1.165) is 33.4 Å². The van der Waals surface area contributed by atoms with Gasteiger partial charge in [0.1, 0.15) is 11.4 Å². The molecule has 0 bridgehead atoms. The second-order valence-electron chi connectivity index (χ2n) is 12.6. The molecule has 1 aliphatic carbocycles. The van der Waals surface area contributed by atoms with Crippen molar-refractivity contribution in [2.75, 3.05) is 10.6 Å². The van der Waals surface area contributed by atoms with E-state index in [1.807, 2.05) is 102 Å². The molecule has 0 amide bonds. The first-order valence-electron chi connectivity index (χ1n) is 13.6. The highest BCUT2D eigenvalue weighted by Gasteiger charge is 2.45. The number of rotatable bonds is 6. The maximum Gasteiger partial charge on any atom is 0.292 e. The third-order valence-electron chi connectivity index (χ3n) is 7.72. The van der Waals surface area contributed by atoms with Crippen LogP contribution < -0.4 is 10.6 Å². The number of hydrogen-bond acceptors (Lipinski definition) is 6. The zero-order chi connectivity index (χ0) is 29.7. The van der Waals surface area contributed by atoms with Gasteiger partial charge in [0.05, 0.1) is 9.85 Å². The molecule has 0 saturated carbocycles. The number of hydrogen-bond donors (Lipinski definition) is 2. The highest BCUT2D eigenvalue weighted by Crippen LogP contribution is 2.51. The van der Waals surface area contributed by atoms with Gasteiger partial charge in [0.15, 0.2) is 5.66 Å². The molecule has 1 aliphatic rings. The van der Waals surface area contributed by atoms with Crippen molar-refractivity contribution >= 4 is 22.7 Å². The fourth-order valence-electron chi connectivity index (χ4n) is 5.45. The SMILES string of the molecule is CC(C)(C)c1ccc(NC2(Nc3ccc(C(C)(C)C)cc3[N+](=O)[O-])c3ccccc3-c3ccccc32)c([N+](=O)[O-])c1. The Morgan fingerprint density at radius 2 is 0.951 bits per heavy atom. The van der Waals surface area contributed by atoms with E-state index in [4.69, 9.17) is 0 Å². The highest BCUT2D eigenvalue weighted by atomic mass is 16.6. The van der Waals surface area contributed by atoms with Crippen LogP contribution in [-0.4, -0.2) is 9.85 Å². The zero-order valence-electron chi connectivity index (χ0n) is 24.1. The first-order valence-corrected chi connectivity index (χ1v) is 13.6. The standard InChI is InChI=1S/C33H34N4O4/c1-31(2,3)21-15-17-27(29(19-21)36(38)39)34-33(25-13-9-7-11-23(25)24-12-8-10-14-26(24)33)35-28-18-16-22(32(4,5)6)20-30(28)37(40)41/h7-20,34-35H,1-6H3. The number of fused-ring (bicyclic) bond motifs is 3. The van der Waals surface area contributed by atoms with Gasteiger partial charge < -0.3 is 10.6 Å². The van der Waals surface area contributed by atoms with E-state index in [0.29, 0.717) is 11.4 Å². The monoisotopic (exact) mass is 550 g/mol. The fraction of sp³-hybridized carbons (Fsp3) is 0.273. The Morgan fingerprint density at radius 1 is 0.585 bits per heavy atom. The molecule has 8 nitrogen and oxygen atoms in total. The number of nitro groups is 2. The first-order chi connectivity index (χ1) is 19.2. The summed E-state index contributed by atoms with van der Waals surface area (Å²) in [6.07, 6.45) is 0. The van der Waals surface area contributed by atoms with Crippen molar-refractivity contribution in [3.63, 3.8) is 0 Å². The molecule has 0 aliphatic heterocycles. The second-order valence-corrected chi connectivity index (χ2v) is 12.6. The smallest absolute Gasteiger partial charge is 0.292 e. The summed E-state index contributed by atoms with van der Waals surface area (Å²) >= 11 is 0. The van der Waals surface area contributed by atoms with Crippen LogP contribution in [0.15, 0.2) is 84.9 Å². The molecular weight excluding hydrogens is 516 g/mol. The molecule has 0 heterocycles. The molecule has 8 heteroatoms. The Kier molecular flexibility index (Phi) is 6.60. The minimum absolute atomic E-state index is 0.0713. The van der Waals surface area contributed by atoms with E-state index in [2.05, 4.69) is 10.6 Å². The van der Waals surface area contributed by atoms with Crippen LogP contribution >= 0.6 is 0 Å². The van der Waals surface area contributed by atoms with Gasteiger partial charge in [-0.2, -0.15) is 0 Å². The molecule has 210 valence electrons. The third kappa shape index (κ3) is 4.90. The number of benzene rings is 4. The van der Waals surface area contributed by atoms with Gasteiger partial charge in [0.25, 0.3) is 11.4 Å². The molecule has 0 atom stereocenters. The lowest BCUT2D eigenvalue weighted by Crippen LogP contribution is -2.43. The lowest BCUT2D eigenvalue weighted by Gasteiger charge is -2.36. The Bertz CT molecular complexity index is 1560. The summed E-state index contributed by atoms with van der Waals surface area (Å²) < 4.78 is 0. The Balaban J connectivity index is 1.77. The summed E-state index contributed by atoms with van der Waals surface area (Å²) in [6, 6.07) is 26.0. The number of nitrogens with zero attached hydrogens (tertiary/aromatic N) is 2. The van der Waals surface area contributed by atoms with Crippen molar-refractivity contribution in [2.45, 2.75) is 58.0 Å². The Labute approximate surface area is 239 Å². The maximum absolute atomic E-state index is 12.4. The fourth-order valence-corrected chi connectivity index (χ4v) is 5.45. The predicted octanol–water partition coefficient (Wildman–Crippen LogP) is 8.50. The van der Waals surface area contributed by atoms with E-state index in [1.54, 1.807) is 24.3 Å². The van der Waals surface area contributed by atoms with Gasteiger partial charge in [-0.15, -0.1) is 0 Å². The van der Waals surface area contributed by atoms with Crippen molar-refractivity contribution in [1.29, 1.82) is 0 Å². The zero-order valence-corrected chi connectivity index (χ0v) is 24.1. The average molecular weight is 551 g/mol. The Morgan fingerprint density at radius 3 is 1.29 bits per heavy atom. The van der Waals surface area contributed by atoms with E-state index in [-0.39, 0.29) is 22.2 Å². The molecule has 0 radical (unpaired) electrons. The minimum atomic E-state index is -1.24. The number of anilines is 2. The highest BCUT2D eigenvalue weighted by molar-refractivity contribution is 5.86. The number of nitrogens with one attached hydrogen (secondary N) is 2. The van der Waals surface area contributed by atoms with Gasteiger partial charge >= 0.3 is 0 Å². The molecule has 4 aromatic carbocycles. The van der Waals surface area contributed by atoms with Crippen molar-refractivity contribution < 1.29 is 9.85 Å². The summed E-state index contributed by atoms with van der Waals surface area (Å²) in [5.74, 6) is 0. The van der Waals surface area contributed by atoms with Crippen LogP contribution in [-0.2, 0) is 16.5 Å². The predicted molar refractivity (Wildman–Crippen MR) is 163 cm³/mol. The molecular formula is C33H34N4O4. The normalized spacial score (nSPS) is 13.7. The van der Waals surface area contributed by atoms with Crippen LogP contribution in [0, 0.1) is 20.2 Å². The lowest BCUT2D eigenvalue weighted by molar-refractivity contribution is -0.384. The van der Waals surface area contributed by atoms with E-state index < -0.39 is 15.5 Å². The molecule has 4 aromatic rings. The first kappa shape index (κ1) is 27.8. The van der Waals surface area contributed by atoms with Crippen molar-refractivity contribution in [1.82, 2.24) is 0 Å². The van der Waals surface area contributed by atoms with Crippen LogP contribution in [0.2, 0.25) is 0 Å². The molecule has 0 aromatic heterocycles. The summed E-state index contributed by atoms with van der Waals surface area (Å²) in [7, 11) is 0. The van der Waals surface area contributed by atoms with Gasteiger partial charge in [-0.3, -0.25) is 20.2 Å². The average Bonchev–Trinajstić information content (AvgIpc) is 3.17. The van der Waals surface area contributed by atoms with Crippen LogP contribution in [0.25, 0.3) is 11.1 Å². The van der Waals surface area contributed by atoms with Gasteiger partial charge in [-0.25, -0.2) is 0 Å². The van der Waals surface area contributed by atoms with Gasteiger partial charge in [0, 0.05) is 23.3 Å². The maximum atomic E-state index is 12.4. The molecule has 0 unspecified atom stereocenters. The molecule has 2 N–H and O–H groups in total. The summed E-state index contributed by atoms with van der Waals surface area (Å²) in [4.78, 5) is 23.9. The van der Waals surface area contributed by atoms with Crippen molar-refractivity contribution in [2.24, 2.45) is 0 Å². The minimum Gasteiger partial charge on any atom is -0.350 e. The Hall–Kier alpha value is -4.72.